The van der Waals surface area contributed by atoms with Crippen LogP contribution in [0.2, 0.25) is 0 Å². The van der Waals surface area contributed by atoms with Crippen molar-refractivity contribution in [3.05, 3.63) is 60.2 Å². The predicted octanol–water partition coefficient (Wildman–Crippen LogP) is 2.03. The number of hydrogen-bond acceptors (Lipinski definition) is 4. The zero-order valence-corrected chi connectivity index (χ0v) is 14.4. The fourth-order valence-corrected chi connectivity index (χ4v) is 2.91. The second-order valence-corrected chi connectivity index (χ2v) is 6.47. The van der Waals surface area contributed by atoms with Gasteiger partial charge in [0, 0.05) is 49.9 Å². The van der Waals surface area contributed by atoms with E-state index >= 15 is 0 Å². The molecule has 2 aromatic heterocycles. The molecule has 2 heterocycles. The fourth-order valence-electron chi connectivity index (χ4n) is 2.91. The van der Waals surface area contributed by atoms with Crippen molar-refractivity contribution in [3.8, 4) is 0 Å². The number of rotatable bonds is 5. The maximum Gasteiger partial charge on any atom is 0.253 e. The van der Waals surface area contributed by atoms with Gasteiger partial charge in [-0.05, 0) is 25.0 Å². The molecule has 26 heavy (non-hydrogen) atoms. The van der Waals surface area contributed by atoms with Crippen molar-refractivity contribution >= 4 is 23.3 Å². The van der Waals surface area contributed by atoms with Gasteiger partial charge in [0.05, 0.1) is 11.3 Å². The Bertz CT molecular complexity index is 977. The number of amides is 2. The van der Waals surface area contributed by atoms with Crippen molar-refractivity contribution in [2.45, 2.75) is 19.4 Å². The van der Waals surface area contributed by atoms with Crippen LogP contribution in [0.3, 0.4) is 0 Å². The molecule has 0 bridgehead atoms. The monoisotopic (exact) mass is 349 g/mol. The average molecular weight is 349 g/mol. The maximum atomic E-state index is 12.7. The van der Waals surface area contributed by atoms with Crippen LogP contribution >= 0.6 is 0 Å². The van der Waals surface area contributed by atoms with Crippen LogP contribution in [0.25, 0.3) is 5.78 Å². The summed E-state index contributed by atoms with van der Waals surface area (Å²) in [6, 6.07) is 7.17. The molecule has 0 aliphatic heterocycles. The van der Waals surface area contributed by atoms with Crippen LogP contribution in [-0.4, -0.2) is 33.2 Å². The van der Waals surface area contributed by atoms with E-state index in [9.17, 15) is 9.59 Å². The molecule has 7 nitrogen and oxygen atoms in total. The first-order valence-electron chi connectivity index (χ1n) is 8.56. The molecule has 132 valence electrons. The number of hydrogen-bond donors (Lipinski definition) is 1. The molecular weight excluding hydrogens is 330 g/mol. The Morgan fingerprint density at radius 3 is 2.88 bits per heavy atom. The average Bonchev–Trinajstić information content (AvgIpc) is 3.42. The van der Waals surface area contributed by atoms with Crippen LogP contribution in [0, 0.1) is 5.92 Å². The number of nitrogens with one attached hydrogen (secondary N) is 1. The Morgan fingerprint density at radius 1 is 1.27 bits per heavy atom. The topological polar surface area (TPSA) is 79.6 Å². The number of carbonyl (C=O) groups is 2. The molecule has 1 aliphatic carbocycles. The lowest BCUT2D eigenvalue weighted by Gasteiger charge is -2.20. The van der Waals surface area contributed by atoms with Crippen LogP contribution in [0.1, 0.15) is 28.8 Å². The molecule has 0 saturated heterocycles. The highest BCUT2D eigenvalue weighted by atomic mass is 16.2. The quantitative estimate of drug-likeness (QED) is 0.764. The van der Waals surface area contributed by atoms with Crippen LogP contribution in [-0.2, 0) is 11.3 Å². The minimum atomic E-state index is -0.221. The lowest BCUT2D eigenvalue weighted by atomic mass is 10.1. The Labute approximate surface area is 150 Å². The molecule has 0 atom stereocenters. The summed E-state index contributed by atoms with van der Waals surface area (Å²) in [5.41, 5.74) is 1.98. The van der Waals surface area contributed by atoms with E-state index in [-0.39, 0.29) is 17.7 Å². The van der Waals surface area contributed by atoms with Crippen molar-refractivity contribution < 1.29 is 9.59 Å². The molecule has 1 fully saturated rings. The molecule has 7 heteroatoms. The summed E-state index contributed by atoms with van der Waals surface area (Å²) in [4.78, 5) is 34.9. The Hall–Kier alpha value is -3.22. The smallest absolute Gasteiger partial charge is 0.253 e. The summed E-state index contributed by atoms with van der Waals surface area (Å²) in [6.45, 7) is 0.342. The summed E-state index contributed by atoms with van der Waals surface area (Å²) in [6.07, 6.45) is 8.92. The van der Waals surface area contributed by atoms with E-state index in [1.165, 1.54) is 0 Å². The summed E-state index contributed by atoms with van der Waals surface area (Å²) in [5.74, 6) is 0.566. The van der Waals surface area contributed by atoms with E-state index in [0.717, 1.165) is 18.4 Å². The van der Waals surface area contributed by atoms with E-state index in [4.69, 9.17) is 0 Å². The molecule has 2 amide bonds. The van der Waals surface area contributed by atoms with Gasteiger partial charge in [0.1, 0.15) is 0 Å². The van der Waals surface area contributed by atoms with Crippen molar-refractivity contribution in [1.82, 2.24) is 19.7 Å². The highest BCUT2D eigenvalue weighted by Gasteiger charge is 2.33. The molecule has 0 unspecified atom stereocenters. The van der Waals surface area contributed by atoms with Gasteiger partial charge >= 0.3 is 0 Å². The third kappa shape index (κ3) is 3.15. The maximum absolute atomic E-state index is 12.7. The molecule has 4 rings (SSSR count). The van der Waals surface area contributed by atoms with Crippen molar-refractivity contribution in [1.29, 1.82) is 0 Å². The van der Waals surface area contributed by atoms with Crippen LogP contribution in [0.15, 0.2) is 49.1 Å². The number of fused-ring (bicyclic) bond motifs is 1. The van der Waals surface area contributed by atoms with Gasteiger partial charge < -0.3 is 10.2 Å². The normalized spacial score (nSPS) is 13.6. The van der Waals surface area contributed by atoms with Crippen LogP contribution < -0.4 is 10.2 Å². The Kier molecular flexibility index (Phi) is 4.12. The second kappa shape index (κ2) is 6.59. The van der Waals surface area contributed by atoms with E-state index < -0.39 is 0 Å². The minimum Gasteiger partial charge on any atom is -0.348 e. The molecule has 0 spiro atoms. The number of para-hydroxylation sites is 1. The minimum absolute atomic E-state index is 0.0695. The van der Waals surface area contributed by atoms with Crippen molar-refractivity contribution in [2.75, 3.05) is 11.9 Å². The molecule has 1 aliphatic rings. The van der Waals surface area contributed by atoms with Crippen LogP contribution in [0.5, 0.6) is 0 Å². The lowest BCUT2D eigenvalue weighted by molar-refractivity contribution is -0.119. The predicted molar refractivity (Wildman–Crippen MR) is 96.7 cm³/mol. The number of benzene rings is 1. The number of nitrogens with zero attached hydrogens (tertiary/aromatic N) is 4. The molecule has 1 saturated carbocycles. The van der Waals surface area contributed by atoms with Gasteiger partial charge in [-0.3, -0.25) is 14.0 Å². The molecule has 3 aromatic rings. The standard InChI is InChI=1S/C19H19N5O2/c1-23(18(26)14-6-7-14)16-5-3-2-4-15(16)17(25)21-10-13-11-22-19-20-8-9-24(19)12-13/h2-5,8-9,11-12,14H,6-7,10H2,1H3,(H,21,25). The summed E-state index contributed by atoms with van der Waals surface area (Å²) < 4.78 is 1.80. The third-order valence-electron chi connectivity index (χ3n) is 4.52. The zero-order chi connectivity index (χ0) is 18.1. The molecule has 0 radical (unpaired) electrons. The second-order valence-electron chi connectivity index (χ2n) is 6.47. The first-order chi connectivity index (χ1) is 12.6. The van der Waals surface area contributed by atoms with Gasteiger partial charge in [0.15, 0.2) is 0 Å². The Morgan fingerprint density at radius 2 is 2.08 bits per heavy atom. The van der Waals surface area contributed by atoms with Gasteiger partial charge in [-0.1, -0.05) is 12.1 Å². The number of carbonyl (C=O) groups excluding carboxylic acids is 2. The van der Waals surface area contributed by atoms with E-state index in [1.54, 1.807) is 53.1 Å². The number of anilines is 1. The molecular formula is C19H19N5O2. The number of imidazole rings is 1. The largest absolute Gasteiger partial charge is 0.348 e. The third-order valence-corrected chi connectivity index (χ3v) is 4.52. The number of aromatic nitrogens is 3. The van der Waals surface area contributed by atoms with E-state index in [2.05, 4.69) is 15.3 Å². The Balaban J connectivity index is 1.49. The molecule has 1 N–H and O–H groups in total. The lowest BCUT2D eigenvalue weighted by Crippen LogP contribution is -2.31. The highest BCUT2D eigenvalue weighted by molar-refractivity contribution is 6.05. The first kappa shape index (κ1) is 16.3. The van der Waals surface area contributed by atoms with Gasteiger partial charge in [-0.15, -0.1) is 0 Å². The van der Waals surface area contributed by atoms with E-state index in [0.29, 0.717) is 23.6 Å². The van der Waals surface area contributed by atoms with Crippen LogP contribution in [0.4, 0.5) is 5.69 Å². The highest BCUT2D eigenvalue weighted by Crippen LogP contribution is 2.33. The SMILES string of the molecule is CN(C(=O)C1CC1)c1ccccc1C(=O)NCc1cnc2nccn2c1. The first-order valence-corrected chi connectivity index (χ1v) is 8.56. The summed E-state index contributed by atoms with van der Waals surface area (Å²) >= 11 is 0. The van der Waals surface area contributed by atoms with E-state index in [1.807, 2.05) is 12.3 Å². The fraction of sp³-hybridized carbons (Fsp3) is 0.263. The summed E-state index contributed by atoms with van der Waals surface area (Å²) in [7, 11) is 1.73. The zero-order valence-electron chi connectivity index (χ0n) is 14.4. The van der Waals surface area contributed by atoms with Crippen molar-refractivity contribution in [3.63, 3.8) is 0 Å². The molecule has 1 aromatic carbocycles. The van der Waals surface area contributed by atoms with Crippen molar-refractivity contribution in [2.24, 2.45) is 5.92 Å². The van der Waals surface area contributed by atoms with Gasteiger partial charge in [-0.2, -0.15) is 0 Å². The van der Waals surface area contributed by atoms with Gasteiger partial charge in [0.2, 0.25) is 11.7 Å². The summed E-state index contributed by atoms with van der Waals surface area (Å²) in [5, 5.41) is 2.90. The van der Waals surface area contributed by atoms with Gasteiger partial charge in [-0.25, -0.2) is 9.97 Å². The van der Waals surface area contributed by atoms with Gasteiger partial charge in [0.25, 0.3) is 5.91 Å².